The lowest BCUT2D eigenvalue weighted by molar-refractivity contribution is -0.137. The fourth-order valence-corrected chi connectivity index (χ4v) is 10.2. The minimum absolute atomic E-state index is 0.157. The van der Waals surface area contributed by atoms with Crippen molar-refractivity contribution in [2.75, 3.05) is 5.32 Å². The Morgan fingerprint density at radius 3 is 2.68 bits per heavy atom. The molecule has 4 unspecified atom stereocenters. The third-order valence-corrected chi connectivity index (χ3v) is 11.1. The number of amides is 1. The summed E-state index contributed by atoms with van der Waals surface area (Å²) in [6, 6.07) is 9.06. The molecule has 0 saturated heterocycles. The quantitative estimate of drug-likeness (QED) is 0.439. The zero-order valence-electron chi connectivity index (χ0n) is 17.9. The van der Waals surface area contributed by atoms with Crippen LogP contribution in [0.4, 0.5) is 18.9 Å². The molecule has 1 amide bonds. The van der Waals surface area contributed by atoms with E-state index in [-0.39, 0.29) is 23.0 Å². The average molecular weight is 523 g/mol. The molecular weight excluding hydrogens is 501 g/mol. The van der Waals surface area contributed by atoms with Crippen LogP contribution in [0.15, 0.2) is 51.6 Å². The predicted molar refractivity (Wildman–Crippen MR) is 129 cm³/mol. The van der Waals surface area contributed by atoms with E-state index in [1.54, 1.807) is 23.1 Å². The molecule has 1 N–H and O–H groups in total. The molecule has 3 aliphatic rings. The summed E-state index contributed by atoms with van der Waals surface area (Å²) in [7, 11) is 0. The molecule has 0 radical (unpaired) electrons. The van der Waals surface area contributed by atoms with E-state index >= 15 is 0 Å². The molecule has 2 aliphatic carbocycles. The highest BCUT2D eigenvalue weighted by atomic mass is 32.2. The lowest BCUT2D eigenvalue weighted by Gasteiger charge is -2.40. The number of hydrogen-bond donors (Lipinski definition) is 1. The van der Waals surface area contributed by atoms with Crippen molar-refractivity contribution in [2.45, 2.75) is 48.2 Å². The maximum atomic E-state index is 13.3. The minimum Gasteiger partial charge on any atom is -0.324 e. The first-order valence-electron chi connectivity index (χ1n) is 11.2. The second-order valence-electron chi connectivity index (χ2n) is 9.20. The molecule has 1 aliphatic heterocycles. The summed E-state index contributed by atoms with van der Waals surface area (Å²) in [5.41, 5.74) is -1.20. The van der Waals surface area contributed by atoms with Gasteiger partial charge in [-0.3, -0.25) is 14.2 Å². The van der Waals surface area contributed by atoms with E-state index in [1.807, 2.05) is 6.07 Å². The minimum atomic E-state index is -4.58. The van der Waals surface area contributed by atoms with Gasteiger partial charge in [-0.1, -0.05) is 29.5 Å². The number of benzene rings is 1. The van der Waals surface area contributed by atoms with Crippen LogP contribution in [0.2, 0.25) is 0 Å². The van der Waals surface area contributed by atoms with Crippen molar-refractivity contribution >= 4 is 46.0 Å². The first-order valence-corrected chi connectivity index (χ1v) is 13.8. The summed E-state index contributed by atoms with van der Waals surface area (Å²) in [5, 5.41) is 5.67. The number of nitrogens with one attached hydrogen (secondary N) is 1. The van der Waals surface area contributed by atoms with Crippen LogP contribution in [-0.4, -0.2) is 15.7 Å². The monoisotopic (exact) mass is 522 g/mol. The van der Waals surface area contributed by atoms with Gasteiger partial charge in [-0.2, -0.15) is 13.2 Å². The number of rotatable bonds is 4. The molecule has 3 aromatic rings. The van der Waals surface area contributed by atoms with Gasteiger partial charge in [0.2, 0.25) is 5.91 Å². The first kappa shape index (κ1) is 22.4. The number of aromatic nitrogens is 1. The number of carbonyl (C=O) groups is 1. The van der Waals surface area contributed by atoms with Crippen molar-refractivity contribution in [3.63, 3.8) is 0 Å². The summed E-state index contributed by atoms with van der Waals surface area (Å²) in [6.07, 6.45) is -0.921. The fourth-order valence-electron chi connectivity index (χ4n) is 6.05. The first-order chi connectivity index (χ1) is 16.3. The maximum Gasteiger partial charge on any atom is 0.418 e. The molecule has 2 bridgehead atoms. The zero-order chi connectivity index (χ0) is 23.6. The normalized spacial score (nSPS) is 27.4. The molecule has 5 atom stereocenters. The van der Waals surface area contributed by atoms with Crippen LogP contribution >= 0.6 is 34.4 Å². The Bertz CT molecular complexity index is 1300. The Labute approximate surface area is 206 Å². The van der Waals surface area contributed by atoms with Gasteiger partial charge in [0, 0.05) is 20.9 Å². The molecule has 2 aromatic heterocycles. The smallest absolute Gasteiger partial charge is 0.324 e. The number of thioether (sulfide) groups is 1. The molecule has 3 heterocycles. The molecule has 0 spiro atoms. The Balaban J connectivity index is 1.33. The highest BCUT2D eigenvalue weighted by Crippen LogP contribution is 2.64. The molecule has 2 saturated carbocycles. The highest BCUT2D eigenvalue weighted by molar-refractivity contribution is 8.00. The largest absolute Gasteiger partial charge is 0.418 e. The lowest BCUT2D eigenvalue weighted by Crippen LogP contribution is -2.34. The van der Waals surface area contributed by atoms with Gasteiger partial charge in [-0.05, 0) is 60.6 Å². The van der Waals surface area contributed by atoms with Crippen LogP contribution in [-0.2, 0) is 17.5 Å². The van der Waals surface area contributed by atoms with Gasteiger partial charge in [0.15, 0.2) is 0 Å². The standard InChI is InChI=1S/C24H21F3N2O2S3/c25-24(26,27)14-4-1-2-5-15(14)28-17(30)11-29-22-21(34-23(29)31)19(16-6-3-9-32-16)18-12-7-8-13(10-12)20(18)33-22/h1-6,9,12-13,18-20H,7-8,10-11H2,(H,28,30)/t12?,13?,18?,19-,20?/m1/s1. The van der Waals surface area contributed by atoms with E-state index in [0.29, 0.717) is 23.0 Å². The van der Waals surface area contributed by atoms with Gasteiger partial charge in [0.25, 0.3) is 0 Å². The van der Waals surface area contributed by atoms with Gasteiger partial charge in [0.1, 0.15) is 6.54 Å². The van der Waals surface area contributed by atoms with Crippen LogP contribution in [0.3, 0.4) is 0 Å². The van der Waals surface area contributed by atoms with Crippen LogP contribution in [0.25, 0.3) is 0 Å². The Hall–Kier alpha value is -2.04. The van der Waals surface area contributed by atoms with E-state index in [4.69, 9.17) is 0 Å². The predicted octanol–water partition coefficient (Wildman–Crippen LogP) is 6.28. The van der Waals surface area contributed by atoms with Crippen molar-refractivity contribution in [1.82, 2.24) is 4.57 Å². The molecule has 4 nitrogen and oxygen atoms in total. The highest BCUT2D eigenvalue weighted by Gasteiger charge is 2.55. The van der Waals surface area contributed by atoms with E-state index in [2.05, 4.69) is 16.8 Å². The Morgan fingerprint density at radius 1 is 1.12 bits per heavy atom. The van der Waals surface area contributed by atoms with Crippen molar-refractivity contribution in [2.24, 2.45) is 17.8 Å². The number of fused-ring (bicyclic) bond motifs is 6. The number of hydrogen-bond acceptors (Lipinski definition) is 5. The van der Waals surface area contributed by atoms with Gasteiger partial charge >= 0.3 is 11.0 Å². The van der Waals surface area contributed by atoms with Gasteiger partial charge < -0.3 is 5.32 Å². The summed E-state index contributed by atoms with van der Waals surface area (Å²) in [5.74, 6) is 1.29. The fraction of sp³-hybridized carbons (Fsp3) is 0.417. The van der Waals surface area contributed by atoms with Crippen molar-refractivity contribution in [1.29, 1.82) is 0 Å². The number of thiophene rings is 1. The van der Waals surface area contributed by atoms with Crippen LogP contribution in [0.5, 0.6) is 0 Å². The lowest BCUT2D eigenvalue weighted by atomic mass is 9.77. The van der Waals surface area contributed by atoms with Crippen molar-refractivity contribution in [3.8, 4) is 0 Å². The third-order valence-electron chi connectivity index (χ3n) is 7.35. The summed E-state index contributed by atoms with van der Waals surface area (Å²) in [6.45, 7) is -0.299. The van der Waals surface area contributed by atoms with Gasteiger partial charge in [-0.15, -0.1) is 23.1 Å². The summed E-state index contributed by atoms with van der Waals surface area (Å²) in [4.78, 5) is 27.9. The summed E-state index contributed by atoms with van der Waals surface area (Å²) < 4.78 is 41.5. The number of para-hydroxylation sites is 1. The molecular formula is C24H21F3N2O2S3. The Morgan fingerprint density at radius 2 is 1.91 bits per heavy atom. The van der Waals surface area contributed by atoms with Gasteiger partial charge in [-0.25, -0.2) is 0 Å². The molecule has 6 rings (SSSR count). The summed E-state index contributed by atoms with van der Waals surface area (Å²) >= 11 is 4.61. The number of anilines is 1. The van der Waals surface area contributed by atoms with Crippen LogP contribution in [0.1, 0.15) is 40.5 Å². The van der Waals surface area contributed by atoms with E-state index in [1.165, 1.54) is 58.2 Å². The zero-order valence-corrected chi connectivity index (χ0v) is 20.3. The number of thiazole rings is 1. The average Bonchev–Trinajstić information content (AvgIpc) is 3.58. The van der Waals surface area contributed by atoms with E-state index in [0.717, 1.165) is 16.0 Å². The molecule has 2 fully saturated rings. The van der Waals surface area contributed by atoms with E-state index < -0.39 is 17.6 Å². The van der Waals surface area contributed by atoms with E-state index in [9.17, 15) is 22.8 Å². The molecule has 10 heteroatoms. The number of halogens is 3. The van der Waals surface area contributed by atoms with Crippen LogP contribution < -0.4 is 10.2 Å². The number of alkyl halides is 3. The third kappa shape index (κ3) is 3.65. The number of nitrogens with zero attached hydrogens (tertiary/aromatic N) is 1. The topological polar surface area (TPSA) is 51.1 Å². The maximum absolute atomic E-state index is 13.3. The molecule has 34 heavy (non-hydrogen) atoms. The van der Waals surface area contributed by atoms with Crippen molar-refractivity contribution < 1.29 is 18.0 Å². The molecule has 178 valence electrons. The van der Waals surface area contributed by atoms with Crippen molar-refractivity contribution in [3.05, 3.63) is 66.8 Å². The molecule has 1 aromatic carbocycles. The second kappa shape index (κ2) is 8.27. The van der Waals surface area contributed by atoms with Gasteiger partial charge in [0.05, 0.1) is 16.3 Å². The Kier molecular flexibility index (Phi) is 5.46. The van der Waals surface area contributed by atoms with Crippen LogP contribution in [0, 0.1) is 17.8 Å². The number of carbonyl (C=O) groups excluding carboxylic acids is 1. The SMILES string of the molecule is O=C(Cn1c2c(sc1=O)[C@H](c1cccs1)C1C3CCC(C3)C1S2)Nc1ccccc1C(F)(F)F. The second-order valence-corrected chi connectivity index (χ2v) is 12.3.